The summed E-state index contributed by atoms with van der Waals surface area (Å²) in [5, 5.41) is 27.8. The maximum Gasteiger partial charge on any atom is 0.339 e. The fraction of sp³-hybridized carbons (Fsp3) is 0.125. The van der Waals surface area contributed by atoms with Crippen LogP contribution in [0.4, 0.5) is 8.78 Å². The summed E-state index contributed by atoms with van der Waals surface area (Å²) in [5.41, 5.74) is 0.970. The summed E-state index contributed by atoms with van der Waals surface area (Å²) in [6.45, 7) is 0.536. The van der Waals surface area contributed by atoms with E-state index in [4.69, 9.17) is 11.6 Å². The minimum Gasteiger partial charge on any atom is -0.505 e. The van der Waals surface area contributed by atoms with E-state index in [9.17, 15) is 23.8 Å². The molecule has 0 saturated carbocycles. The van der Waals surface area contributed by atoms with Gasteiger partial charge in [-0.25, -0.2) is 18.3 Å². The van der Waals surface area contributed by atoms with E-state index in [1.165, 1.54) is 29.1 Å². The normalized spacial score (nSPS) is 11.2. The van der Waals surface area contributed by atoms with E-state index < -0.39 is 11.7 Å². The van der Waals surface area contributed by atoms with Crippen molar-refractivity contribution < 1.29 is 23.8 Å². The number of phenols is 1. The highest BCUT2D eigenvalue weighted by Crippen LogP contribution is 2.30. The zero-order valence-electron chi connectivity index (χ0n) is 17.7. The van der Waals surface area contributed by atoms with Crippen LogP contribution >= 0.6 is 11.6 Å². The van der Waals surface area contributed by atoms with Gasteiger partial charge in [0.2, 0.25) is 0 Å². The number of carboxylic acid groups (broad SMARTS) is 1. The van der Waals surface area contributed by atoms with E-state index in [0.29, 0.717) is 16.8 Å². The summed E-state index contributed by atoms with van der Waals surface area (Å²) in [6, 6.07) is 15.1. The molecule has 0 radical (unpaired) electrons. The highest BCUT2D eigenvalue weighted by molar-refractivity contribution is 6.31. The van der Waals surface area contributed by atoms with Crippen LogP contribution in [0.3, 0.4) is 0 Å². The van der Waals surface area contributed by atoms with Crippen molar-refractivity contribution in [1.82, 2.24) is 19.9 Å². The third kappa shape index (κ3) is 5.22. The molecular formula is C24H19ClF2N4O3. The van der Waals surface area contributed by atoms with Crippen LogP contribution in [0.5, 0.6) is 5.75 Å². The average Bonchev–Trinajstić information content (AvgIpc) is 3.26. The maximum absolute atomic E-state index is 14.3. The number of aromatic hydroxyl groups is 1. The van der Waals surface area contributed by atoms with E-state index in [2.05, 4.69) is 10.3 Å². The van der Waals surface area contributed by atoms with Crippen molar-refractivity contribution in [3.05, 3.63) is 106 Å². The third-order valence-corrected chi connectivity index (χ3v) is 5.38. The Morgan fingerprint density at radius 2 is 1.56 bits per heavy atom. The Kier molecular flexibility index (Phi) is 6.85. The second-order valence-corrected chi connectivity index (χ2v) is 8.05. The molecule has 1 heterocycles. The topological polar surface area (TPSA) is 91.5 Å². The molecule has 34 heavy (non-hydrogen) atoms. The molecule has 1 aromatic heterocycles. The number of benzene rings is 3. The fourth-order valence-electron chi connectivity index (χ4n) is 3.54. The molecule has 2 N–H and O–H groups in total. The largest absolute Gasteiger partial charge is 0.505 e. The van der Waals surface area contributed by atoms with Gasteiger partial charge in [-0.3, -0.25) is 4.90 Å². The Bertz CT molecular complexity index is 1300. The Labute approximate surface area is 198 Å². The van der Waals surface area contributed by atoms with Gasteiger partial charge in [-0.2, -0.15) is 0 Å². The van der Waals surface area contributed by atoms with Crippen LogP contribution in [0, 0.1) is 11.6 Å². The highest BCUT2D eigenvalue weighted by atomic mass is 35.5. The molecule has 174 valence electrons. The summed E-state index contributed by atoms with van der Waals surface area (Å²) >= 11 is 6.00. The molecule has 0 unspecified atom stereocenters. The summed E-state index contributed by atoms with van der Waals surface area (Å²) < 4.78 is 29.8. The lowest BCUT2D eigenvalue weighted by atomic mass is 10.1. The van der Waals surface area contributed by atoms with Crippen molar-refractivity contribution in [1.29, 1.82) is 0 Å². The molecule has 0 spiro atoms. The average molecular weight is 485 g/mol. The Morgan fingerprint density at radius 3 is 2.12 bits per heavy atom. The number of nitrogens with zero attached hydrogens (tertiary/aromatic N) is 4. The van der Waals surface area contributed by atoms with Crippen molar-refractivity contribution in [2.75, 3.05) is 0 Å². The summed E-state index contributed by atoms with van der Waals surface area (Å²) in [4.78, 5) is 13.2. The second kappa shape index (κ2) is 9.98. The lowest BCUT2D eigenvalue weighted by Gasteiger charge is -2.22. The zero-order valence-corrected chi connectivity index (χ0v) is 18.5. The van der Waals surface area contributed by atoms with Crippen molar-refractivity contribution in [2.24, 2.45) is 0 Å². The first kappa shape index (κ1) is 23.3. The minimum atomic E-state index is -1.34. The molecule has 0 atom stereocenters. The molecule has 0 bridgehead atoms. The van der Waals surface area contributed by atoms with Gasteiger partial charge in [0.15, 0.2) is 5.75 Å². The maximum atomic E-state index is 14.3. The zero-order chi connectivity index (χ0) is 24.2. The van der Waals surface area contributed by atoms with Gasteiger partial charge in [0.05, 0.1) is 11.9 Å². The van der Waals surface area contributed by atoms with E-state index in [-0.39, 0.29) is 47.5 Å². The standard InChI is InChI=1S/C24H19ClF2N4O3/c25-17-9-19(24(33)34)23(32)22(10-17)31-14-18(28-29-31)13-30(11-15-5-1-3-7-20(15)26)12-16-6-2-4-8-21(16)27/h1-10,14,32H,11-13H2,(H,33,34). The van der Waals surface area contributed by atoms with Gasteiger partial charge >= 0.3 is 5.97 Å². The number of carbonyl (C=O) groups is 1. The quantitative estimate of drug-likeness (QED) is 0.373. The lowest BCUT2D eigenvalue weighted by Crippen LogP contribution is -2.23. The molecule has 0 aliphatic carbocycles. The number of halogens is 3. The molecule has 10 heteroatoms. The Balaban J connectivity index is 1.63. The molecule has 3 aromatic carbocycles. The summed E-state index contributed by atoms with van der Waals surface area (Å²) in [7, 11) is 0. The number of carboxylic acids is 1. The van der Waals surface area contributed by atoms with E-state index in [1.807, 2.05) is 0 Å². The van der Waals surface area contributed by atoms with Gasteiger partial charge in [0.1, 0.15) is 22.9 Å². The number of aromatic nitrogens is 3. The summed E-state index contributed by atoms with van der Waals surface area (Å²) in [5.74, 6) is -2.62. The number of aromatic carboxylic acids is 1. The molecule has 0 aliphatic rings. The van der Waals surface area contributed by atoms with E-state index in [0.717, 1.165) is 6.07 Å². The predicted molar refractivity (Wildman–Crippen MR) is 121 cm³/mol. The SMILES string of the molecule is O=C(O)c1cc(Cl)cc(-n2cc(CN(Cc3ccccc3F)Cc3ccccc3F)nn2)c1O. The number of hydrogen-bond donors (Lipinski definition) is 2. The van der Waals surface area contributed by atoms with Crippen LogP contribution < -0.4 is 0 Å². The van der Waals surface area contributed by atoms with Crippen LogP contribution in [-0.4, -0.2) is 36.1 Å². The molecule has 4 aromatic rings. The van der Waals surface area contributed by atoms with Gasteiger partial charge < -0.3 is 10.2 Å². The van der Waals surface area contributed by atoms with E-state index in [1.54, 1.807) is 41.3 Å². The van der Waals surface area contributed by atoms with Gasteiger partial charge in [0.25, 0.3) is 0 Å². The van der Waals surface area contributed by atoms with Gasteiger partial charge in [-0.1, -0.05) is 53.2 Å². The van der Waals surface area contributed by atoms with Gasteiger partial charge in [-0.05, 0) is 24.3 Å². The van der Waals surface area contributed by atoms with Gasteiger partial charge in [-0.15, -0.1) is 5.10 Å². The molecule has 0 fully saturated rings. The second-order valence-electron chi connectivity index (χ2n) is 7.61. The number of hydrogen-bond acceptors (Lipinski definition) is 5. The first-order chi connectivity index (χ1) is 16.3. The number of rotatable bonds is 8. The predicted octanol–water partition coefficient (Wildman–Crippen LogP) is 4.81. The molecule has 0 aliphatic heterocycles. The summed E-state index contributed by atoms with van der Waals surface area (Å²) in [6.07, 6.45) is 1.49. The fourth-order valence-corrected chi connectivity index (χ4v) is 3.76. The Hall–Kier alpha value is -3.82. The molecule has 7 nitrogen and oxygen atoms in total. The van der Waals surface area contributed by atoms with Crippen LogP contribution in [0.25, 0.3) is 5.69 Å². The van der Waals surface area contributed by atoms with Crippen LogP contribution in [0.2, 0.25) is 5.02 Å². The monoisotopic (exact) mass is 484 g/mol. The van der Waals surface area contributed by atoms with Crippen molar-refractivity contribution in [3.63, 3.8) is 0 Å². The van der Waals surface area contributed by atoms with Crippen molar-refractivity contribution in [3.8, 4) is 11.4 Å². The van der Waals surface area contributed by atoms with Crippen LogP contribution in [-0.2, 0) is 19.6 Å². The lowest BCUT2D eigenvalue weighted by molar-refractivity contribution is 0.0693. The van der Waals surface area contributed by atoms with Crippen molar-refractivity contribution >= 4 is 17.6 Å². The first-order valence-electron chi connectivity index (χ1n) is 10.2. The molecule has 0 saturated heterocycles. The highest BCUT2D eigenvalue weighted by Gasteiger charge is 2.19. The third-order valence-electron chi connectivity index (χ3n) is 5.16. The van der Waals surface area contributed by atoms with Gasteiger partial charge in [0, 0.05) is 35.8 Å². The van der Waals surface area contributed by atoms with Crippen LogP contribution in [0.1, 0.15) is 27.2 Å². The first-order valence-corrected chi connectivity index (χ1v) is 10.6. The Morgan fingerprint density at radius 1 is 0.971 bits per heavy atom. The molecular weight excluding hydrogens is 466 g/mol. The van der Waals surface area contributed by atoms with Crippen molar-refractivity contribution in [2.45, 2.75) is 19.6 Å². The molecule has 4 rings (SSSR count). The van der Waals surface area contributed by atoms with E-state index >= 15 is 0 Å². The van der Waals surface area contributed by atoms with Crippen LogP contribution in [0.15, 0.2) is 66.9 Å². The minimum absolute atomic E-state index is 0.0402. The molecule has 0 amide bonds. The smallest absolute Gasteiger partial charge is 0.339 e.